The average Bonchev–Trinajstić information content (AvgIpc) is 2.84. The normalized spacial score (nSPS) is 12.0. The summed E-state index contributed by atoms with van der Waals surface area (Å²) in [7, 11) is 0. The van der Waals surface area contributed by atoms with Gasteiger partial charge >= 0.3 is 11.9 Å². The highest BCUT2D eigenvalue weighted by atomic mass is 32.2. The number of carbonyl (C=O) groups excluding carboxylic acids is 1. The van der Waals surface area contributed by atoms with Gasteiger partial charge in [-0.05, 0) is 60.4 Å². The second-order valence-electron chi connectivity index (χ2n) is 14.0. The van der Waals surface area contributed by atoms with Gasteiger partial charge in [0, 0.05) is 26.5 Å². The molecule has 0 aliphatic rings. The molecule has 0 aromatic heterocycles. The minimum Gasteiger partial charge on any atom is -0.507 e. The van der Waals surface area contributed by atoms with Crippen molar-refractivity contribution in [1.29, 1.82) is 0 Å². The summed E-state index contributed by atoms with van der Waals surface area (Å²) in [6.07, 6.45) is 0.826. The number of phenolic OH excluding ortho intramolecular Hbond substituents is 1. The second-order valence-corrected chi connectivity index (χ2v) is 17.6. The first-order valence-corrected chi connectivity index (χ1v) is 17.0. The molecule has 0 bridgehead atoms. The summed E-state index contributed by atoms with van der Waals surface area (Å²) in [6, 6.07) is 10.0. The molecule has 0 spiro atoms. The number of ether oxygens (including phenoxy) is 1. The van der Waals surface area contributed by atoms with Gasteiger partial charge in [0.05, 0.1) is 16.9 Å². The quantitative estimate of drug-likeness (QED) is 0.129. The van der Waals surface area contributed by atoms with Crippen LogP contribution in [0.15, 0.2) is 40.1 Å². The summed E-state index contributed by atoms with van der Waals surface area (Å²) in [5.74, 6) is -0.734. The number of carboxylic acids is 1. The van der Waals surface area contributed by atoms with Crippen molar-refractivity contribution in [2.45, 2.75) is 153 Å². The van der Waals surface area contributed by atoms with E-state index < -0.39 is 11.9 Å². The number of phenols is 1. The molecular weight excluding hydrogens is 577 g/mol. The van der Waals surface area contributed by atoms with Crippen LogP contribution < -0.4 is 4.74 Å². The molecule has 2 aromatic carbocycles. The standard InChI is InChI=1S/C31H44O5S2.C3H8.C2H6/c1-28(2,3)21-16-19(12-13-24(21)36-26(34)15-14-25(32)33)37-31(10,11)38-20-17-22(29(4,5)6)27(35)23(18-20)30(7,8)9;1-3-2;1-2/h12-13,16-18,35H,14-15H2,1-11H3,(H,32,33);3H2,1-2H3;1-2H3. The van der Waals surface area contributed by atoms with E-state index in [0.29, 0.717) is 11.5 Å². The summed E-state index contributed by atoms with van der Waals surface area (Å²) in [6.45, 7) is 31.5. The molecular formula is C36H58O5S2. The Hall–Kier alpha value is -2.12. The number of thioether (sulfide) groups is 2. The molecule has 0 amide bonds. The third kappa shape index (κ3) is 14.0. The van der Waals surface area contributed by atoms with Crippen molar-refractivity contribution in [3.8, 4) is 11.5 Å². The largest absolute Gasteiger partial charge is 0.507 e. The molecule has 244 valence electrons. The smallest absolute Gasteiger partial charge is 0.311 e. The Morgan fingerprint density at radius 2 is 1.09 bits per heavy atom. The van der Waals surface area contributed by atoms with Gasteiger partial charge in [0.2, 0.25) is 0 Å². The van der Waals surface area contributed by atoms with Crippen molar-refractivity contribution < 1.29 is 24.5 Å². The monoisotopic (exact) mass is 634 g/mol. The second kappa shape index (κ2) is 16.8. The van der Waals surface area contributed by atoms with Crippen LogP contribution in [0.25, 0.3) is 0 Å². The van der Waals surface area contributed by atoms with Gasteiger partial charge in [-0.1, -0.05) is 96.4 Å². The van der Waals surface area contributed by atoms with Crippen LogP contribution in [-0.2, 0) is 25.8 Å². The Morgan fingerprint density at radius 1 is 0.698 bits per heavy atom. The molecule has 0 radical (unpaired) electrons. The van der Waals surface area contributed by atoms with E-state index in [-0.39, 0.29) is 33.2 Å². The lowest BCUT2D eigenvalue weighted by Gasteiger charge is -2.30. The molecule has 0 heterocycles. The third-order valence-electron chi connectivity index (χ3n) is 5.95. The average molecular weight is 635 g/mol. The van der Waals surface area contributed by atoms with Gasteiger partial charge in [-0.2, -0.15) is 0 Å². The number of benzene rings is 2. The Morgan fingerprint density at radius 3 is 1.49 bits per heavy atom. The zero-order chi connectivity index (χ0) is 34.0. The van der Waals surface area contributed by atoms with Gasteiger partial charge < -0.3 is 14.9 Å². The van der Waals surface area contributed by atoms with Crippen LogP contribution >= 0.6 is 23.5 Å². The molecule has 0 saturated carbocycles. The maximum atomic E-state index is 12.2. The molecule has 2 rings (SSSR count). The Balaban J connectivity index is 0.00000331. The predicted molar refractivity (Wildman–Crippen MR) is 186 cm³/mol. The first kappa shape index (κ1) is 40.9. The Bertz CT molecular complexity index is 1160. The van der Waals surface area contributed by atoms with E-state index in [4.69, 9.17) is 9.84 Å². The number of hydrogen-bond acceptors (Lipinski definition) is 6. The maximum Gasteiger partial charge on any atom is 0.311 e. The molecule has 0 saturated heterocycles. The zero-order valence-electron chi connectivity index (χ0n) is 29.4. The van der Waals surface area contributed by atoms with Crippen molar-refractivity contribution >= 4 is 35.5 Å². The summed E-state index contributed by atoms with van der Waals surface area (Å²) in [5.41, 5.74) is 2.10. The van der Waals surface area contributed by atoms with Gasteiger partial charge in [-0.15, -0.1) is 23.5 Å². The number of carboxylic acid groups (broad SMARTS) is 1. The molecule has 2 N–H and O–H groups in total. The molecule has 43 heavy (non-hydrogen) atoms. The minimum absolute atomic E-state index is 0.168. The van der Waals surface area contributed by atoms with E-state index in [2.05, 4.69) is 108 Å². The molecule has 0 aliphatic carbocycles. The molecule has 7 heteroatoms. The number of rotatable bonds is 8. The molecule has 0 fully saturated rings. The van der Waals surface area contributed by atoms with E-state index in [9.17, 15) is 14.7 Å². The molecule has 0 unspecified atom stereocenters. The van der Waals surface area contributed by atoms with E-state index in [1.54, 1.807) is 29.6 Å². The summed E-state index contributed by atoms with van der Waals surface area (Å²) in [5, 5.41) is 20.0. The van der Waals surface area contributed by atoms with Crippen LogP contribution in [0.1, 0.15) is 140 Å². The number of carbonyl (C=O) groups is 2. The van der Waals surface area contributed by atoms with Gasteiger partial charge in [0.25, 0.3) is 0 Å². The highest BCUT2D eigenvalue weighted by Crippen LogP contribution is 2.49. The predicted octanol–water partition coefficient (Wildman–Crippen LogP) is 11.1. The topological polar surface area (TPSA) is 83.8 Å². The molecule has 5 nitrogen and oxygen atoms in total. The maximum absolute atomic E-state index is 12.2. The van der Waals surface area contributed by atoms with Gasteiger partial charge in [0.1, 0.15) is 11.5 Å². The minimum atomic E-state index is -1.03. The highest BCUT2D eigenvalue weighted by molar-refractivity contribution is 8.18. The van der Waals surface area contributed by atoms with Gasteiger partial charge in [-0.3, -0.25) is 9.59 Å². The fourth-order valence-electron chi connectivity index (χ4n) is 4.03. The summed E-state index contributed by atoms with van der Waals surface area (Å²) in [4.78, 5) is 25.2. The summed E-state index contributed by atoms with van der Waals surface area (Å²) < 4.78 is 5.32. The van der Waals surface area contributed by atoms with Crippen LogP contribution in [-0.4, -0.2) is 26.2 Å². The highest BCUT2D eigenvalue weighted by Gasteiger charge is 2.30. The van der Waals surface area contributed by atoms with E-state index in [0.717, 1.165) is 26.5 Å². The first-order valence-electron chi connectivity index (χ1n) is 15.3. The SMILES string of the molecule is CC.CC(C)(Sc1ccc(OC(=O)CCC(=O)O)c(C(C)(C)C)c1)Sc1cc(C(C)(C)C)c(O)c(C(C)(C)C)c1.CCC. The lowest BCUT2D eigenvalue weighted by molar-refractivity contribution is -0.142. The van der Waals surface area contributed by atoms with Crippen molar-refractivity contribution in [3.05, 3.63) is 47.0 Å². The van der Waals surface area contributed by atoms with Crippen molar-refractivity contribution in [3.63, 3.8) is 0 Å². The van der Waals surface area contributed by atoms with Crippen LogP contribution in [0.2, 0.25) is 0 Å². The fraction of sp³-hybridized carbons (Fsp3) is 0.611. The number of esters is 1. The number of hydrogen-bond donors (Lipinski definition) is 2. The van der Waals surface area contributed by atoms with Crippen LogP contribution in [0.3, 0.4) is 0 Å². The molecule has 2 aromatic rings. The molecule has 0 atom stereocenters. The molecule has 0 aliphatic heterocycles. The Kier molecular flexibility index (Phi) is 16.0. The van der Waals surface area contributed by atoms with E-state index >= 15 is 0 Å². The lowest BCUT2D eigenvalue weighted by Crippen LogP contribution is -2.18. The lowest BCUT2D eigenvalue weighted by atomic mass is 9.79. The first-order chi connectivity index (χ1) is 19.5. The van der Waals surface area contributed by atoms with Gasteiger partial charge in [-0.25, -0.2) is 0 Å². The van der Waals surface area contributed by atoms with Crippen molar-refractivity contribution in [2.75, 3.05) is 0 Å². The van der Waals surface area contributed by atoms with Crippen LogP contribution in [0, 0.1) is 0 Å². The fourth-order valence-corrected chi connectivity index (χ4v) is 6.57. The summed E-state index contributed by atoms with van der Waals surface area (Å²) >= 11 is 3.48. The van der Waals surface area contributed by atoms with Crippen molar-refractivity contribution in [2.24, 2.45) is 0 Å². The third-order valence-corrected chi connectivity index (χ3v) is 8.40. The zero-order valence-corrected chi connectivity index (χ0v) is 31.1. The number of aliphatic carboxylic acids is 1. The van der Waals surface area contributed by atoms with Crippen LogP contribution in [0.5, 0.6) is 11.5 Å². The van der Waals surface area contributed by atoms with E-state index in [1.165, 1.54) is 6.42 Å². The van der Waals surface area contributed by atoms with Gasteiger partial charge in [0.15, 0.2) is 0 Å². The van der Waals surface area contributed by atoms with E-state index in [1.807, 2.05) is 19.9 Å². The number of aromatic hydroxyl groups is 1. The Labute approximate surface area is 271 Å². The van der Waals surface area contributed by atoms with Crippen molar-refractivity contribution in [1.82, 2.24) is 0 Å². The van der Waals surface area contributed by atoms with Crippen LogP contribution in [0.4, 0.5) is 0 Å².